The van der Waals surface area contributed by atoms with E-state index in [1.54, 1.807) is 17.5 Å². The second-order valence-electron chi connectivity index (χ2n) is 9.01. The average molecular weight is 576 g/mol. The van der Waals surface area contributed by atoms with Crippen LogP contribution in [0.5, 0.6) is 0 Å². The van der Waals surface area contributed by atoms with Crippen molar-refractivity contribution in [2.24, 2.45) is 0 Å². The first-order valence-corrected chi connectivity index (χ1v) is 15.4. The molecule has 0 spiro atoms. The van der Waals surface area contributed by atoms with Gasteiger partial charge in [0, 0.05) is 16.8 Å². The first-order chi connectivity index (χ1) is 19.2. The van der Waals surface area contributed by atoms with Gasteiger partial charge in [0.2, 0.25) is 5.91 Å². The molecule has 6 rings (SSSR count). The van der Waals surface area contributed by atoms with Crippen LogP contribution in [0.4, 0.5) is 0 Å². The number of carbonyl (C=O) groups is 1. The van der Waals surface area contributed by atoms with Crippen molar-refractivity contribution in [3.63, 3.8) is 0 Å². The van der Waals surface area contributed by atoms with Crippen molar-refractivity contribution in [2.45, 2.75) is 48.3 Å². The van der Waals surface area contributed by atoms with Crippen molar-refractivity contribution < 1.29 is 4.79 Å². The van der Waals surface area contributed by atoms with Crippen molar-refractivity contribution in [2.75, 3.05) is 5.75 Å². The molecule has 5 aromatic rings. The maximum atomic E-state index is 12.9. The standard InChI is InChI=1S/C27H25N7O2S3/c35-22(29-14-17-8-6-7-13-28-17)16-38-27-33-32-21(34(27)18-9-2-1-3-10-18)15-37-26-30-24(36)23-19-11-4-5-12-20(19)39-25(23)31-26/h1-3,6-10,13H,4-5,11-12,14-16H2,(H,29,35)(H,30,31,36). The zero-order valence-electron chi connectivity index (χ0n) is 20.9. The third kappa shape index (κ3) is 5.77. The van der Waals surface area contributed by atoms with Crippen molar-refractivity contribution >= 4 is 51.0 Å². The van der Waals surface area contributed by atoms with Crippen molar-refractivity contribution in [3.8, 4) is 5.69 Å². The van der Waals surface area contributed by atoms with Crippen LogP contribution in [0.25, 0.3) is 15.9 Å². The highest BCUT2D eigenvalue weighted by molar-refractivity contribution is 7.99. The molecule has 0 radical (unpaired) electrons. The van der Waals surface area contributed by atoms with Crippen LogP contribution in [0, 0.1) is 0 Å². The molecular weight excluding hydrogens is 551 g/mol. The fraction of sp³-hybridized carbons (Fsp3) is 0.259. The van der Waals surface area contributed by atoms with E-state index in [9.17, 15) is 9.59 Å². The number of para-hydroxylation sites is 1. The number of aromatic nitrogens is 6. The zero-order valence-corrected chi connectivity index (χ0v) is 23.4. The number of nitrogens with zero attached hydrogens (tertiary/aromatic N) is 5. The van der Waals surface area contributed by atoms with E-state index in [2.05, 4.69) is 25.5 Å². The zero-order chi connectivity index (χ0) is 26.6. The van der Waals surface area contributed by atoms with E-state index in [1.807, 2.05) is 53.1 Å². The summed E-state index contributed by atoms with van der Waals surface area (Å²) in [5, 5.41) is 13.7. The van der Waals surface area contributed by atoms with Gasteiger partial charge in [0.15, 0.2) is 10.3 Å². The van der Waals surface area contributed by atoms with Crippen LogP contribution in [0.15, 0.2) is 69.8 Å². The number of pyridine rings is 1. The first kappa shape index (κ1) is 25.8. The quantitative estimate of drug-likeness (QED) is 0.194. The van der Waals surface area contributed by atoms with Gasteiger partial charge in [-0.15, -0.1) is 21.5 Å². The summed E-state index contributed by atoms with van der Waals surface area (Å²) in [5.41, 5.74) is 2.81. The molecule has 4 aromatic heterocycles. The number of fused-ring (bicyclic) bond motifs is 3. The maximum absolute atomic E-state index is 12.9. The molecule has 12 heteroatoms. The summed E-state index contributed by atoms with van der Waals surface area (Å²) in [4.78, 5) is 39.5. The lowest BCUT2D eigenvalue weighted by Crippen LogP contribution is -2.25. The van der Waals surface area contributed by atoms with Gasteiger partial charge in [-0.25, -0.2) is 4.98 Å². The molecule has 1 aliphatic carbocycles. The van der Waals surface area contributed by atoms with E-state index >= 15 is 0 Å². The Morgan fingerprint density at radius 2 is 1.90 bits per heavy atom. The number of hydrogen-bond donors (Lipinski definition) is 2. The Kier molecular flexibility index (Phi) is 7.75. The SMILES string of the molecule is O=C(CSc1nnc(CSc2nc3sc4c(c3c(=O)[nH]2)CCCC4)n1-c1ccccc1)NCc1ccccn1. The number of thiophene rings is 1. The number of benzene rings is 1. The molecule has 0 unspecified atom stereocenters. The summed E-state index contributed by atoms with van der Waals surface area (Å²) in [6.45, 7) is 0.371. The topological polar surface area (TPSA) is 118 Å². The lowest BCUT2D eigenvalue weighted by atomic mass is 9.97. The van der Waals surface area contributed by atoms with E-state index in [4.69, 9.17) is 4.98 Å². The van der Waals surface area contributed by atoms with E-state index in [0.717, 1.165) is 40.9 Å². The monoisotopic (exact) mass is 575 g/mol. The van der Waals surface area contributed by atoms with Crippen LogP contribution in [0.3, 0.4) is 0 Å². The fourth-order valence-corrected chi connectivity index (χ4v) is 7.44. The Labute approximate surface area is 236 Å². The number of carbonyl (C=O) groups excluding carboxylic acids is 1. The third-order valence-electron chi connectivity index (χ3n) is 6.38. The number of thioether (sulfide) groups is 2. The summed E-state index contributed by atoms with van der Waals surface area (Å²) < 4.78 is 1.95. The second-order valence-corrected chi connectivity index (χ2v) is 12.0. The molecule has 198 valence electrons. The molecule has 4 heterocycles. The summed E-state index contributed by atoms with van der Waals surface area (Å²) >= 11 is 4.39. The van der Waals surface area contributed by atoms with E-state index < -0.39 is 0 Å². The molecule has 0 atom stereocenters. The summed E-state index contributed by atoms with van der Waals surface area (Å²) in [5.74, 6) is 1.24. The Bertz CT molecular complexity index is 1670. The van der Waals surface area contributed by atoms with Gasteiger partial charge in [-0.3, -0.25) is 19.1 Å². The van der Waals surface area contributed by atoms with Gasteiger partial charge in [-0.2, -0.15) is 0 Å². The Morgan fingerprint density at radius 3 is 2.74 bits per heavy atom. The van der Waals surface area contributed by atoms with Crippen LogP contribution in [-0.2, 0) is 29.9 Å². The lowest BCUT2D eigenvalue weighted by molar-refractivity contribution is -0.118. The van der Waals surface area contributed by atoms with Crippen molar-refractivity contribution in [1.82, 2.24) is 35.0 Å². The van der Waals surface area contributed by atoms with Gasteiger partial charge < -0.3 is 10.3 Å². The predicted octanol–water partition coefficient (Wildman–Crippen LogP) is 4.54. The van der Waals surface area contributed by atoms with Gasteiger partial charge in [-0.05, 0) is 55.5 Å². The van der Waals surface area contributed by atoms with Crippen LogP contribution in [-0.4, -0.2) is 41.4 Å². The summed E-state index contributed by atoms with van der Waals surface area (Å²) in [6.07, 6.45) is 5.97. The fourth-order valence-electron chi connectivity index (χ4n) is 4.54. The van der Waals surface area contributed by atoms with Crippen LogP contribution < -0.4 is 10.9 Å². The first-order valence-electron chi connectivity index (χ1n) is 12.6. The van der Waals surface area contributed by atoms with E-state index in [-0.39, 0.29) is 17.2 Å². The Hall–Kier alpha value is -3.48. The molecule has 1 amide bonds. The maximum Gasteiger partial charge on any atom is 0.260 e. The molecule has 9 nitrogen and oxygen atoms in total. The number of rotatable bonds is 9. The van der Waals surface area contributed by atoms with Gasteiger partial charge in [0.1, 0.15) is 10.7 Å². The smallest absolute Gasteiger partial charge is 0.260 e. The molecule has 2 N–H and O–H groups in total. The number of aromatic amines is 1. The van der Waals surface area contributed by atoms with Gasteiger partial charge in [-0.1, -0.05) is 47.8 Å². The predicted molar refractivity (Wildman–Crippen MR) is 155 cm³/mol. The molecule has 0 aliphatic heterocycles. The van der Waals surface area contributed by atoms with E-state index in [1.165, 1.54) is 40.4 Å². The van der Waals surface area contributed by atoms with E-state index in [0.29, 0.717) is 28.4 Å². The molecule has 0 saturated heterocycles. The molecule has 1 aliphatic rings. The third-order valence-corrected chi connectivity index (χ3v) is 9.37. The largest absolute Gasteiger partial charge is 0.350 e. The second kappa shape index (κ2) is 11.7. The number of nitrogens with one attached hydrogen (secondary N) is 2. The number of hydrogen-bond acceptors (Lipinski definition) is 9. The molecule has 39 heavy (non-hydrogen) atoms. The van der Waals surface area contributed by atoms with Crippen molar-refractivity contribution in [1.29, 1.82) is 0 Å². The number of amides is 1. The summed E-state index contributed by atoms with van der Waals surface area (Å²) in [7, 11) is 0. The van der Waals surface area contributed by atoms with Crippen LogP contribution in [0.2, 0.25) is 0 Å². The Balaban J connectivity index is 1.18. The highest BCUT2D eigenvalue weighted by Gasteiger charge is 2.21. The highest BCUT2D eigenvalue weighted by atomic mass is 32.2. The molecule has 1 aromatic carbocycles. The van der Waals surface area contributed by atoms with Gasteiger partial charge >= 0.3 is 0 Å². The molecule has 0 fully saturated rings. The summed E-state index contributed by atoms with van der Waals surface area (Å²) in [6, 6.07) is 15.4. The lowest BCUT2D eigenvalue weighted by Gasteiger charge is -2.10. The normalized spacial score (nSPS) is 12.9. The van der Waals surface area contributed by atoms with Gasteiger partial charge in [0.25, 0.3) is 5.56 Å². The van der Waals surface area contributed by atoms with Gasteiger partial charge in [0.05, 0.1) is 29.1 Å². The highest BCUT2D eigenvalue weighted by Crippen LogP contribution is 2.34. The van der Waals surface area contributed by atoms with Crippen LogP contribution >= 0.6 is 34.9 Å². The number of H-pyrrole nitrogens is 1. The minimum atomic E-state index is -0.113. The molecular formula is C27H25N7O2S3. The van der Waals surface area contributed by atoms with Crippen LogP contribution in [0.1, 0.15) is 34.8 Å². The minimum absolute atomic E-state index is 0.0700. The van der Waals surface area contributed by atoms with Crippen molar-refractivity contribution in [3.05, 3.63) is 87.0 Å². The molecule has 0 bridgehead atoms. The molecule has 0 saturated carbocycles. The number of aryl methyl sites for hydroxylation is 2. The average Bonchev–Trinajstić information content (AvgIpc) is 3.56. The minimum Gasteiger partial charge on any atom is -0.350 e. The Morgan fingerprint density at radius 1 is 1.05 bits per heavy atom.